The summed E-state index contributed by atoms with van der Waals surface area (Å²) >= 11 is 0. The van der Waals surface area contributed by atoms with Gasteiger partial charge in [0.1, 0.15) is 0 Å². The van der Waals surface area contributed by atoms with Gasteiger partial charge >= 0.3 is 0 Å². The van der Waals surface area contributed by atoms with E-state index in [4.69, 9.17) is 4.52 Å². The molecule has 1 saturated heterocycles. The Hall–Kier alpha value is -0.750. The Balaban J connectivity index is 0.000000980. The maximum Gasteiger partial charge on any atom is 0.262 e. The van der Waals surface area contributed by atoms with E-state index in [2.05, 4.69) is 15.5 Å². The molecule has 14 heavy (non-hydrogen) atoms. The van der Waals surface area contributed by atoms with Crippen LogP contribution >= 0.6 is 12.4 Å². The van der Waals surface area contributed by atoms with Gasteiger partial charge in [-0.2, -0.15) is 4.98 Å². The zero-order valence-corrected chi connectivity index (χ0v) is 8.27. The predicted molar refractivity (Wildman–Crippen MR) is 46.6 cm³/mol. The summed E-state index contributed by atoms with van der Waals surface area (Å²) in [6.07, 6.45) is -0.269. The molecular formula is C7H10ClF2N3O. The van der Waals surface area contributed by atoms with Gasteiger partial charge in [-0.15, -0.1) is 12.4 Å². The highest BCUT2D eigenvalue weighted by Crippen LogP contribution is 2.32. The van der Waals surface area contributed by atoms with E-state index in [0.29, 0.717) is 5.82 Å². The lowest BCUT2D eigenvalue weighted by Gasteiger charge is -2.04. The summed E-state index contributed by atoms with van der Waals surface area (Å²) < 4.78 is 30.3. The van der Waals surface area contributed by atoms with Gasteiger partial charge in [-0.25, -0.2) is 8.78 Å². The van der Waals surface area contributed by atoms with Crippen molar-refractivity contribution in [2.75, 3.05) is 6.54 Å². The number of aryl methyl sites for hydroxylation is 1. The van der Waals surface area contributed by atoms with E-state index >= 15 is 0 Å². The molecule has 0 amide bonds. The quantitative estimate of drug-likeness (QED) is 0.787. The highest BCUT2D eigenvalue weighted by molar-refractivity contribution is 5.85. The minimum atomic E-state index is -2.66. The molecule has 0 radical (unpaired) electrons. The first-order chi connectivity index (χ1) is 6.07. The van der Waals surface area contributed by atoms with Crippen molar-refractivity contribution in [2.24, 2.45) is 0 Å². The molecule has 80 valence electrons. The molecule has 1 N–H and O–H groups in total. The lowest BCUT2D eigenvalue weighted by molar-refractivity contribution is 0.0200. The summed E-state index contributed by atoms with van der Waals surface area (Å²) in [4.78, 5) is 3.88. The Morgan fingerprint density at radius 2 is 2.29 bits per heavy atom. The van der Waals surface area contributed by atoms with Crippen LogP contribution in [0.1, 0.15) is 24.2 Å². The molecule has 1 aromatic rings. The first kappa shape index (κ1) is 11.3. The fraction of sp³-hybridized carbons (Fsp3) is 0.714. The molecular weight excluding hydrogens is 216 g/mol. The molecule has 2 rings (SSSR count). The zero-order chi connectivity index (χ0) is 9.47. The molecule has 0 aliphatic carbocycles. The summed E-state index contributed by atoms with van der Waals surface area (Å²) in [7, 11) is 0. The Morgan fingerprint density at radius 1 is 1.57 bits per heavy atom. The van der Waals surface area contributed by atoms with Crippen LogP contribution < -0.4 is 5.32 Å². The molecule has 0 bridgehead atoms. The van der Waals surface area contributed by atoms with Gasteiger partial charge in [-0.1, -0.05) is 5.16 Å². The lowest BCUT2D eigenvalue weighted by atomic mass is 10.2. The Bertz CT molecular complexity index is 318. The van der Waals surface area contributed by atoms with Crippen molar-refractivity contribution in [3.05, 3.63) is 11.7 Å². The Kier molecular flexibility index (Phi) is 3.06. The summed E-state index contributed by atoms with van der Waals surface area (Å²) in [5.41, 5.74) is 0. The predicted octanol–water partition coefficient (Wildman–Crippen LogP) is 1.47. The van der Waals surface area contributed by atoms with E-state index in [9.17, 15) is 8.78 Å². The number of aromatic nitrogens is 2. The van der Waals surface area contributed by atoms with E-state index in [1.54, 1.807) is 6.92 Å². The topological polar surface area (TPSA) is 51.0 Å². The maximum atomic E-state index is 12.7. The van der Waals surface area contributed by atoms with Crippen LogP contribution in [0.25, 0.3) is 0 Å². The van der Waals surface area contributed by atoms with Crippen LogP contribution in [0, 0.1) is 6.92 Å². The van der Waals surface area contributed by atoms with Gasteiger partial charge < -0.3 is 4.52 Å². The molecule has 2 heterocycles. The number of nitrogens with zero attached hydrogens (tertiary/aromatic N) is 2. The Morgan fingerprint density at radius 3 is 2.71 bits per heavy atom. The lowest BCUT2D eigenvalue weighted by Crippen LogP contribution is -2.19. The largest absolute Gasteiger partial charge is 0.338 e. The molecule has 1 aliphatic heterocycles. The van der Waals surface area contributed by atoms with E-state index in [1.165, 1.54) is 0 Å². The number of hydrogen-bond donors (Lipinski definition) is 1. The fourth-order valence-corrected chi connectivity index (χ4v) is 1.34. The first-order valence-corrected chi connectivity index (χ1v) is 3.98. The van der Waals surface area contributed by atoms with Crippen LogP contribution in [0.3, 0.4) is 0 Å². The number of nitrogens with one attached hydrogen (secondary N) is 1. The van der Waals surface area contributed by atoms with Crippen molar-refractivity contribution >= 4 is 12.4 Å². The number of halogens is 3. The van der Waals surface area contributed by atoms with Crippen LogP contribution in [0.4, 0.5) is 8.78 Å². The van der Waals surface area contributed by atoms with Crippen LogP contribution in [0.2, 0.25) is 0 Å². The van der Waals surface area contributed by atoms with Gasteiger partial charge in [0.15, 0.2) is 5.82 Å². The monoisotopic (exact) mass is 225 g/mol. The maximum absolute atomic E-state index is 12.7. The summed E-state index contributed by atoms with van der Waals surface area (Å²) in [5, 5.41) is 6.17. The van der Waals surface area contributed by atoms with Crippen LogP contribution in [-0.2, 0) is 0 Å². The minimum Gasteiger partial charge on any atom is -0.338 e. The van der Waals surface area contributed by atoms with E-state index in [1.807, 2.05) is 0 Å². The van der Waals surface area contributed by atoms with Gasteiger partial charge in [0, 0.05) is 6.42 Å². The molecule has 1 atom stereocenters. The van der Waals surface area contributed by atoms with Gasteiger partial charge in [-0.3, -0.25) is 5.32 Å². The van der Waals surface area contributed by atoms with E-state index in [0.717, 1.165) is 0 Å². The third kappa shape index (κ3) is 2.19. The van der Waals surface area contributed by atoms with Gasteiger partial charge in [0.25, 0.3) is 5.92 Å². The third-order valence-corrected chi connectivity index (χ3v) is 1.95. The normalized spacial score (nSPS) is 24.6. The number of alkyl halides is 2. The molecule has 0 aromatic carbocycles. The van der Waals surface area contributed by atoms with Crippen LogP contribution in [0.15, 0.2) is 4.52 Å². The molecule has 1 aromatic heterocycles. The van der Waals surface area contributed by atoms with Crippen LogP contribution in [-0.4, -0.2) is 22.6 Å². The van der Waals surface area contributed by atoms with Crippen molar-refractivity contribution in [3.8, 4) is 0 Å². The van der Waals surface area contributed by atoms with Crippen LogP contribution in [0.5, 0.6) is 0 Å². The zero-order valence-electron chi connectivity index (χ0n) is 7.46. The number of rotatable bonds is 1. The van der Waals surface area contributed by atoms with Gasteiger partial charge in [-0.05, 0) is 6.92 Å². The second-order valence-corrected chi connectivity index (χ2v) is 3.17. The summed E-state index contributed by atoms with van der Waals surface area (Å²) in [6, 6.07) is -0.504. The molecule has 7 heteroatoms. The summed E-state index contributed by atoms with van der Waals surface area (Å²) in [6.45, 7) is 1.33. The van der Waals surface area contributed by atoms with Crippen molar-refractivity contribution < 1.29 is 13.3 Å². The molecule has 1 fully saturated rings. The third-order valence-electron chi connectivity index (χ3n) is 1.95. The van der Waals surface area contributed by atoms with E-state index < -0.39 is 12.0 Å². The highest BCUT2D eigenvalue weighted by Gasteiger charge is 2.42. The number of hydrogen-bond acceptors (Lipinski definition) is 4. The summed E-state index contributed by atoms with van der Waals surface area (Å²) in [5.74, 6) is -1.95. The molecule has 0 unspecified atom stereocenters. The average molecular weight is 226 g/mol. The minimum absolute atomic E-state index is 0. The first-order valence-electron chi connectivity index (χ1n) is 3.98. The highest BCUT2D eigenvalue weighted by atomic mass is 35.5. The SMILES string of the molecule is Cc1noc([C@@H]2CC(F)(F)CN2)n1.Cl. The second kappa shape index (κ2) is 3.78. The van der Waals surface area contributed by atoms with Crippen molar-refractivity contribution in [3.63, 3.8) is 0 Å². The van der Waals surface area contributed by atoms with Crippen molar-refractivity contribution in [2.45, 2.75) is 25.3 Å². The van der Waals surface area contributed by atoms with Gasteiger partial charge in [0.2, 0.25) is 5.89 Å². The molecule has 0 saturated carbocycles. The fourth-order valence-electron chi connectivity index (χ4n) is 1.34. The van der Waals surface area contributed by atoms with Crippen molar-refractivity contribution in [1.82, 2.24) is 15.5 Å². The Labute approximate surface area is 85.5 Å². The smallest absolute Gasteiger partial charge is 0.262 e. The van der Waals surface area contributed by atoms with Crippen molar-refractivity contribution in [1.29, 1.82) is 0 Å². The second-order valence-electron chi connectivity index (χ2n) is 3.17. The average Bonchev–Trinajstić information content (AvgIpc) is 2.56. The van der Waals surface area contributed by atoms with Gasteiger partial charge in [0.05, 0.1) is 12.6 Å². The molecule has 0 spiro atoms. The molecule has 4 nitrogen and oxygen atoms in total. The molecule has 1 aliphatic rings. The van der Waals surface area contributed by atoms with E-state index in [-0.39, 0.29) is 31.3 Å². The standard InChI is InChI=1S/C7H9F2N3O.ClH/c1-4-11-6(13-12-4)5-2-7(8,9)3-10-5;/h5,10H,2-3H2,1H3;1H/t5-;/m0./s1.